The summed E-state index contributed by atoms with van der Waals surface area (Å²) in [6.45, 7) is 10.5. The van der Waals surface area contributed by atoms with Crippen molar-refractivity contribution in [2.45, 2.75) is 6.92 Å². The Labute approximate surface area is 196 Å². The number of hydrogen-bond acceptors (Lipinski definition) is 4. The van der Waals surface area contributed by atoms with Crippen LogP contribution in [0.2, 0.25) is 0 Å². The molecule has 3 aromatic rings. The standard InChI is InChI=1S/C27H34FN5/c1-21-25(31-17-13-29(2)14-18-31)27(32-19-15-30(3)16-20-32)26(22-7-5-4-6-8-22)33(21)24-11-9-23(28)10-12-24/h4-12H,13-20H2,1-3H3. The van der Waals surface area contributed by atoms with Gasteiger partial charge in [-0.2, -0.15) is 0 Å². The van der Waals surface area contributed by atoms with Crippen molar-refractivity contribution in [1.29, 1.82) is 0 Å². The molecule has 0 N–H and O–H groups in total. The molecular formula is C27H34FN5. The average molecular weight is 448 g/mol. The summed E-state index contributed by atoms with van der Waals surface area (Å²) >= 11 is 0. The second-order valence-electron chi connectivity index (χ2n) is 9.39. The number of piperazine rings is 2. The quantitative estimate of drug-likeness (QED) is 0.599. The minimum absolute atomic E-state index is 0.205. The van der Waals surface area contributed by atoms with E-state index in [1.165, 1.54) is 28.3 Å². The van der Waals surface area contributed by atoms with Crippen molar-refractivity contribution in [3.63, 3.8) is 0 Å². The molecule has 0 atom stereocenters. The maximum atomic E-state index is 13.8. The molecule has 6 heteroatoms. The van der Waals surface area contributed by atoms with Crippen LogP contribution in [-0.2, 0) is 0 Å². The molecule has 0 saturated carbocycles. The molecule has 1 aromatic heterocycles. The van der Waals surface area contributed by atoms with Crippen molar-refractivity contribution in [2.24, 2.45) is 0 Å². The number of nitrogens with zero attached hydrogens (tertiary/aromatic N) is 5. The highest BCUT2D eigenvalue weighted by molar-refractivity contribution is 5.91. The first-order valence-electron chi connectivity index (χ1n) is 12.0. The van der Waals surface area contributed by atoms with Gasteiger partial charge in [-0.3, -0.25) is 0 Å². The minimum Gasteiger partial charge on any atom is -0.366 e. The normalized spacial score (nSPS) is 18.2. The van der Waals surface area contributed by atoms with E-state index in [1.54, 1.807) is 12.1 Å². The molecule has 5 rings (SSSR count). The second kappa shape index (κ2) is 9.20. The third-order valence-electron chi connectivity index (χ3n) is 7.12. The second-order valence-corrected chi connectivity index (χ2v) is 9.39. The summed E-state index contributed by atoms with van der Waals surface area (Å²) in [6.07, 6.45) is 0. The van der Waals surface area contributed by atoms with Gasteiger partial charge in [-0.25, -0.2) is 4.39 Å². The molecular weight excluding hydrogens is 413 g/mol. The average Bonchev–Trinajstić information content (AvgIpc) is 3.14. The number of aromatic nitrogens is 1. The first-order chi connectivity index (χ1) is 16.0. The largest absolute Gasteiger partial charge is 0.366 e. The summed E-state index contributed by atoms with van der Waals surface area (Å²) in [5.74, 6) is -0.205. The van der Waals surface area contributed by atoms with Gasteiger partial charge < -0.3 is 24.2 Å². The Morgan fingerprint density at radius 1 is 0.636 bits per heavy atom. The first-order valence-corrected chi connectivity index (χ1v) is 12.0. The van der Waals surface area contributed by atoms with Crippen molar-refractivity contribution in [3.05, 3.63) is 66.1 Å². The van der Waals surface area contributed by atoms with Crippen molar-refractivity contribution in [2.75, 3.05) is 76.3 Å². The Morgan fingerprint density at radius 3 is 1.70 bits per heavy atom. The van der Waals surface area contributed by atoms with Crippen LogP contribution in [0.4, 0.5) is 15.8 Å². The SMILES string of the molecule is Cc1c(N2CCN(C)CC2)c(N2CCN(C)CC2)c(-c2ccccc2)n1-c1ccc(F)cc1. The van der Waals surface area contributed by atoms with E-state index in [1.807, 2.05) is 12.1 Å². The van der Waals surface area contributed by atoms with E-state index in [4.69, 9.17) is 0 Å². The molecule has 3 heterocycles. The lowest BCUT2D eigenvalue weighted by Gasteiger charge is -2.39. The lowest BCUT2D eigenvalue weighted by Crippen LogP contribution is -2.47. The molecule has 2 fully saturated rings. The number of hydrogen-bond donors (Lipinski definition) is 0. The van der Waals surface area contributed by atoms with Gasteiger partial charge in [0.15, 0.2) is 0 Å². The smallest absolute Gasteiger partial charge is 0.123 e. The zero-order valence-corrected chi connectivity index (χ0v) is 20.0. The zero-order valence-electron chi connectivity index (χ0n) is 20.0. The van der Waals surface area contributed by atoms with Crippen molar-refractivity contribution < 1.29 is 4.39 Å². The van der Waals surface area contributed by atoms with E-state index >= 15 is 0 Å². The molecule has 0 unspecified atom stereocenters. The van der Waals surface area contributed by atoms with Gasteiger partial charge in [0.2, 0.25) is 0 Å². The number of benzene rings is 2. The van der Waals surface area contributed by atoms with Crippen LogP contribution in [0.5, 0.6) is 0 Å². The fourth-order valence-corrected chi connectivity index (χ4v) is 5.18. The summed E-state index contributed by atoms with van der Waals surface area (Å²) in [5, 5.41) is 0. The van der Waals surface area contributed by atoms with Crippen LogP contribution in [0, 0.1) is 12.7 Å². The van der Waals surface area contributed by atoms with Gasteiger partial charge in [-0.15, -0.1) is 0 Å². The van der Waals surface area contributed by atoms with Crippen LogP contribution in [0.3, 0.4) is 0 Å². The molecule has 0 bridgehead atoms. The number of likely N-dealkylation sites (N-methyl/N-ethyl adjacent to an activating group) is 2. The lowest BCUT2D eigenvalue weighted by molar-refractivity contribution is 0.309. The van der Waals surface area contributed by atoms with E-state index < -0.39 is 0 Å². The molecule has 33 heavy (non-hydrogen) atoms. The van der Waals surface area contributed by atoms with Gasteiger partial charge in [0.25, 0.3) is 0 Å². The molecule has 2 aliphatic rings. The van der Waals surface area contributed by atoms with Gasteiger partial charge in [0.1, 0.15) is 5.82 Å². The van der Waals surface area contributed by atoms with Gasteiger partial charge in [-0.1, -0.05) is 30.3 Å². The summed E-state index contributed by atoms with van der Waals surface area (Å²) in [5.41, 5.74) is 7.27. The van der Waals surface area contributed by atoms with Crippen molar-refractivity contribution in [1.82, 2.24) is 14.4 Å². The molecule has 0 amide bonds. The molecule has 0 spiro atoms. The molecule has 2 aromatic carbocycles. The van der Waals surface area contributed by atoms with E-state index in [-0.39, 0.29) is 5.82 Å². The van der Waals surface area contributed by atoms with Gasteiger partial charge in [-0.05, 0) is 45.3 Å². The van der Waals surface area contributed by atoms with Gasteiger partial charge in [0.05, 0.1) is 17.1 Å². The minimum atomic E-state index is -0.205. The molecule has 5 nitrogen and oxygen atoms in total. The predicted molar refractivity (Wildman–Crippen MR) is 135 cm³/mol. The molecule has 2 saturated heterocycles. The Morgan fingerprint density at radius 2 is 1.15 bits per heavy atom. The fourth-order valence-electron chi connectivity index (χ4n) is 5.18. The molecule has 0 aliphatic carbocycles. The first kappa shape index (κ1) is 22.0. The van der Waals surface area contributed by atoms with E-state index in [0.29, 0.717) is 0 Å². The monoisotopic (exact) mass is 447 g/mol. The number of rotatable bonds is 4. The predicted octanol–water partition coefficient (Wildman–Crippen LogP) is 4.10. The molecule has 174 valence electrons. The highest BCUT2D eigenvalue weighted by atomic mass is 19.1. The van der Waals surface area contributed by atoms with Crippen LogP contribution in [0.1, 0.15) is 5.69 Å². The number of anilines is 2. The Kier molecular flexibility index (Phi) is 6.13. The summed E-state index contributed by atoms with van der Waals surface area (Å²) in [6, 6.07) is 17.6. The highest BCUT2D eigenvalue weighted by Crippen LogP contribution is 2.46. The Balaban J connectivity index is 1.75. The van der Waals surface area contributed by atoms with Crippen LogP contribution in [0.25, 0.3) is 16.9 Å². The maximum Gasteiger partial charge on any atom is 0.123 e. The third-order valence-corrected chi connectivity index (χ3v) is 7.12. The molecule has 2 aliphatic heterocycles. The zero-order chi connectivity index (χ0) is 22.9. The molecule has 0 radical (unpaired) electrons. The summed E-state index contributed by atoms with van der Waals surface area (Å²) in [4.78, 5) is 9.94. The maximum absolute atomic E-state index is 13.8. The van der Waals surface area contributed by atoms with Crippen LogP contribution < -0.4 is 9.80 Å². The van der Waals surface area contributed by atoms with E-state index in [2.05, 4.69) is 75.5 Å². The number of halogens is 1. The fraction of sp³-hybridized carbons (Fsp3) is 0.407. The third kappa shape index (κ3) is 4.25. The topological polar surface area (TPSA) is 17.9 Å². The van der Waals surface area contributed by atoms with Gasteiger partial charge in [0, 0.05) is 69.3 Å². The Bertz CT molecular complexity index is 1080. The van der Waals surface area contributed by atoms with E-state index in [0.717, 1.165) is 58.0 Å². The van der Waals surface area contributed by atoms with Crippen molar-refractivity contribution >= 4 is 11.4 Å². The van der Waals surface area contributed by atoms with Crippen LogP contribution >= 0.6 is 0 Å². The van der Waals surface area contributed by atoms with Crippen LogP contribution in [-0.4, -0.2) is 80.8 Å². The Hall–Kier alpha value is -2.83. The summed E-state index contributed by atoms with van der Waals surface area (Å²) < 4.78 is 16.2. The van der Waals surface area contributed by atoms with E-state index in [9.17, 15) is 4.39 Å². The summed E-state index contributed by atoms with van der Waals surface area (Å²) in [7, 11) is 4.40. The van der Waals surface area contributed by atoms with Crippen LogP contribution in [0.15, 0.2) is 54.6 Å². The van der Waals surface area contributed by atoms with Gasteiger partial charge >= 0.3 is 0 Å². The highest BCUT2D eigenvalue weighted by Gasteiger charge is 2.31. The lowest BCUT2D eigenvalue weighted by atomic mass is 10.1. The van der Waals surface area contributed by atoms with Crippen molar-refractivity contribution in [3.8, 4) is 16.9 Å².